The van der Waals surface area contributed by atoms with Crippen LogP contribution in [0.25, 0.3) is 0 Å². The lowest BCUT2D eigenvalue weighted by Gasteiger charge is -2.16. The smallest absolute Gasteiger partial charge is 0.342 e. The number of hydrogen-bond acceptors (Lipinski definition) is 4. The Morgan fingerprint density at radius 1 is 1.12 bits per heavy atom. The minimum absolute atomic E-state index is 0.0737. The summed E-state index contributed by atoms with van der Waals surface area (Å²) in [5.74, 6) is -1.07. The van der Waals surface area contributed by atoms with E-state index in [9.17, 15) is 9.59 Å². The maximum Gasteiger partial charge on any atom is 0.342 e. The van der Waals surface area contributed by atoms with Gasteiger partial charge in [0.25, 0.3) is 5.91 Å². The molecule has 1 heterocycles. The Bertz CT molecular complexity index is 810. The van der Waals surface area contributed by atoms with Gasteiger partial charge in [-0.25, -0.2) is 9.78 Å². The van der Waals surface area contributed by atoms with Gasteiger partial charge in [-0.3, -0.25) is 4.79 Å². The number of hydrogen-bond donors (Lipinski definition) is 1. The van der Waals surface area contributed by atoms with Crippen molar-refractivity contribution < 1.29 is 14.3 Å². The fraction of sp³-hybridized carbons (Fsp3) is 0.316. The molecular formula is C19H21ClN2O3. The number of nitrogens with zero attached hydrogens (tertiary/aromatic N) is 1. The van der Waals surface area contributed by atoms with Crippen LogP contribution in [0.15, 0.2) is 24.3 Å². The van der Waals surface area contributed by atoms with Crippen molar-refractivity contribution in [3.8, 4) is 0 Å². The first-order chi connectivity index (χ1) is 11.7. The second kappa shape index (κ2) is 7.66. The van der Waals surface area contributed by atoms with E-state index in [0.717, 1.165) is 11.1 Å². The quantitative estimate of drug-likeness (QED) is 0.656. The number of esters is 1. The third-order valence-corrected chi connectivity index (χ3v) is 4.08. The molecule has 25 heavy (non-hydrogen) atoms. The number of nitrogens with one attached hydrogen (secondary N) is 1. The number of carbonyl (C=O) groups is 2. The Kier molecular flexibility index (Phi) is 5.80. The molecule has 1 aromatic heterocycles. The number of halogens is 1. The van der Waals surface area contributed by atoms with Crippen LogP contribution >= 0.6 is 11.6 Å². The van der Waals surface area contributed by atoms with Gasteiger partial charge in [-0.15, -0.1) is 0 Å². The number of pyridine rings is 1. The molecule has 0 spiro atoms. The van der Waals surface area contributed by atoms with Gasteiger partial charge in [-0.2, -0.15) is 0 Å². The lowest BCUT2D eigenvalue weighted by molar-refractivity contribution is -0.123. The van der Waals surface area contributed by atoms with Crippen molar-refractivity contribution in [2.75, 3.05) is 5.32 Å². The highest BCUT2D eigenvalue weighted by molar-refractivity contribution is 6.32. The highest BCUT2D eigenvalue weighted by atomic mass is 35.5. The average molecular weight is 361 g/mol. The molecule has 132 valence electrons. The van der Waals surface area contributed by atoms with Crippen LogP contribution in [0.4, 0.5) is 5.69 Å². The standard InChI is InChI=1S/C19H21ClN2O3/c1-10-6-7-11(2)15(8-10)22-18(23)14(5)25-19(24)16-12(3)9-13(4)21-17(16)20/h6-9,14H,1-5H3,(H,22,23)/t14-/m0/s1. The van der Waals surface area contributed by atoms with Gasteiger partial charge in [-0.1, -0.05) is 23.7 Å². The monoisotopic (exact) mass is 360 g/mol. The van der Waals surface area contributed by atoms with Crippen molar-refractivity contribution in [2.45, 2.75) is 40.7 Å². The van der Waals surface area contributed by atoms with E-state index in [1.807, 2.05) is 32.0 Å². The normalized spacial score (nSPS) is 11.8. The molecule has 0 aliphatic heterocycles. The third kappa shape index (κ3) is 4.57. The minimum Gasteiger partial charge on any atom is -0.449 e. The lowest BCUT2D eigenvalue weighted by atomic mass is 10.1. The van der Waals surface area contributed by atoms with Crippen molar-refractivity contribution >= 4 is 29.2 Å². The lowest BCUT2D eigenvalue weighted by Crippen LogP contribution is -2.30. The maximum atomic E-state index is 12.4. The summed E-state index contributed by atoms with van der Waals surface area (Å²) in [7, 11) is 0. The second-order valence-electron chi connectivity index (χ2n) is 6.10. The van der Waals surface area contributed by atoms with Gasteiger partial charge in [-0.05, 0) is 63.4 Å². The summed E-state index contributed by atoms with van der Waals surface area (Å²) in [4.78, 5) is 28.7. The highest BCUT2D eigenvalue weighted by Gasteiger charge is 2.23. The molecule has 0 aliphatic rings. The zero-order valence-corrected chi connectivity index (χ0v) is 15.7. The van der Waals surface area contributed by atoms with Gasteiger partial charge in [0.1, 0.15) is 5.15 Å². The summed E-state index contributed by atoms with van der Waals surface area (Å²) < 4.78 is 5.27. The second-order valence-corrected chi connectivity index (χ2v) is 6.46. The van der Waals surface area contributed by atoms with Crippen molar-refractivity contribution in [1.29, 1.82) is 0 Å². The molecule has 0 saturated carbocycles. The molecule has 1 aromatic carbocycles. The maximum absolute atomic E-state index is 12.4. The molecule has 0 saturated heterocycles. The zero-order chi connectivity index (χ0) is 18.7. The van der Waals surface area contributed by atoms with E-state index in [-0.39, 0.29) is 10.7 Å². The third-order valence-electron chi connectivity index (χ3n) is 3.81. The number of amides is 1. The number of rotatable bonds is 4. The summed E-state index contributed by atoms with van der Waals surface area (Å²) in [6.07, 6.45) is -0.968. The number of anilines is 1. The molecule has 2 aromatic rings. The molecule has 2 rings (SSSR count). The number of aryl methyl sites for hydroxylation is 4. The number of ether oxygens (including phenoxy) is 1. The molecule has 0 unspecified atom stereocenters. The highest BCUT2D eigenvalue weighted by Crippen LogP contribution is 2.21. The first kappa shape index (κ1) is 18.9. The average Bonchev–Trinajstić information content (AvgIpc) is 2.49. The molecule has 0 aliphatic carbocycles. The molecule has 1 N–H and O–H groups in total. The Labute approximate surface area is 152 Å². The Morgan fingerprint density at radius 2 is 1.80 bits per heavy atom. The van der Waals surface area contributed by atoms with Crippen molar-refractivity contribution in [3.05, 3.63) is 57.4 Å². The van der Waals surface area contributed by atoms with E-state index < -0.39 is 18.0 Å². The van der Waals surface area contributed by atoms with Gasteiger partial charge < -0.3 is 10.1 Å². The van der Waals surface area contributed by atoms with Crippen LogP contribution < -0.4 is 5.32 Å². The largest absolute Gasteiger partial charge is 0.449 e. The van der Waals surface area contributed by atoms with Crippen LogP contribution in [0.1, 0.15) is 39.7 Å². The predicted octanol–water partition coefficient (Wildman–Crippen LogP) is 4.15. The van der Waals surface area contributed by atoms with E-state index in [1.165, 1.54) is 6.92 Å². The number of aromatic nitrogens is 1. The molecule has 1 atom stereocenters. The van der Waals surface area contributed by atoms with Crippen molar-refractivity contribution in [2.24, 2.45) is 0 Å². The van der Waals surface area contributed by atoms with Crippen molar-refractivity contribution in [1.82, 2.24) is 4.98 Å². The van der Waals surface area contributed by atoms with Crippen LogP contribution in [-0.2, 0) is 9.53 Å². The Morgan fingerprint density at radius 3 is 2.44 bits per heavy atom. The van der Waals surface area contributed by atoms with Gasteiger partial charge in [0.15, 0.2) is 6.10 Å². The van der Waals surface area contributed by atoms with Crippen LogP contribution in [0.2, 0.25) is 5.15 Å². The van der Waals surface area contributed by atoms with E-state index in [0.29, 0.717) is 16.9 Å². The van der Waals surface area contributed by atoms with Gasteiger partial charge in [0.2, 0.25) is 0 Å². The Balaban J connectivity index is 2.11. The topological polar surface area (TPSA) is 68.3 Å². The Hall–Kier alpha value is -2.40. The summed E-state index contributed by atoms with van der Waals surface area (Å²) in [5, 5.41) is 2.85. The van der Waals surface area contributed by atoms with Gasteiger partial charge >= 0.3 is 5.97 Å². The summed E-state index contributed by atoms with van der Waals surface area (Å²) in [6.45, 7) is 8.88. The summed E-state index contributed by atoms with van der Waals surface area (Å²) in [5.41, 5.74) is 4.19. The molecular weight excluding hydrogens is 340 g/mol. The molecule has 5 nitrogen and oxygen atoms in total. The molecule has 0 bridgehead atoms. The molecule has 6 heteroatoms. The summed E-state index contributed by atoms with van der Waals surface area (Å²) in [6, 6.07) is 7.49. The first-order valence-corrected chi connectivity index (χ1v) is 8.29. The molecule has 1 amide bonds. The predicted molar refractivity (Wildman–Crippen MR) is 98.1 cm³/mol. The van der Waals surface area contributed by atoms with Crippen LogP contribution in [0, 0.1) is 27.7 Å². The number of carbonyl (C=O) groups excluding carboxylic acids is 2. The fourth-order valence-electron chi connectivity index (χ4n) is 2.41. The van der Waals surface area contributed by atoms with Gasteiger partial charge in [0.05, 0.1) is 5.56 Å². The first-order valence-electron chi connectivity index (χ1n) is 7.92. The van der Waals surface area contributed by atoms with E-state index in [2.05, 4.69) is 10.3 Å². The SMILES string of the molecule is Cc1ccc(C)c(NC(=O)[C@H](C)OC(=O)c2c(C)cc(C)nc2Cl)c1. The molecule has 0 fully saturated rings. The minimum atomic E-state index is -0.968. The van der Waals surface area contributed by atoms with E-state index in [1.54, 1.807) is 19.9 Å². The zero-order valence-electron chi connectivity index (χ0n) is 14.9. The molecule has 0 radical (unpaired) electrons. The van der Waals surface area contributed by atoms with Crippen LogP contribution in [-0.4, -0.2) is 23.0 Å². The fourth-order valence-corrected chi connectivity index (χ4v) is 2.77. The van der Waals surface area contributed by atoms with Crippen LogP contribution in [0.3, 0.4) is 0 Å². The van der Waals surface area contributed by atoms with E-state index in [4.69, 9.17) is 16.3 Å². The van der Waals surface area contributed by atoms with Crippen LogP contribution in [0.5, 0.6) is 0 Å². The number of benzene rings is 1. The van der Waals surface area contributed by atoms with Gasteiger partial charge in [0, 0.05) is 11.4 Å². The summed E-state index contributed by atoms with van der Waals surface area (Å²) >= 11 is 6.05. The van der Waals surface area contributed by atoms with Crippen molar-refractivity contribution in [3.63, 3.8) is 0 Å². The van der Waals surface area contributed by atoms with E-state index >= 15 is 0 Å².